The smallest absolute Gasteiger partial charge is 0.236 e. The van der Waals surface area contributed by atoms with E-state index < -0.39 is 6.04 Å². The molecule has 0 bridgehead atoms. The molecule has 1 rings (SSSR count). The largest absolute Gasteiger partial charge is 0.496 e. The van der Waals surface area contributed by atoms with Gasteiger partial charge in [0.15, 0.2) is 0 Å². The van der Waals surface area contributed by atoms with Crippen LogP contribution in [-0.2, 0) is 4.79 Å². The molecule has 2 atom stereocenters. The predicted octanol–water partition coefficient (Wildman–Crippen LogP) is 1.89. The number of para-hydroxylation sites is 1. The van der Waals surface area contributed by atoms with E-state index in [1.165, 1.54) is 0 Å². The number of hydrogen-bond donors (Lipinski definition) is 2. The van der Waals surface area contributed by atoms with E-state index in [1.807, 2.05) is 24.3 Å². The third kappa shape index (κ3) is 5.53. The number of nitrogens with two attached hydrogens (primary N) is 1. The molecule has 3 N–H and O–H groups in total. The number of ether oxygens (including phenoxy) is 1. The summed E-state index contributed by atoms with van der Waals surface area (Å²) < 4.78 is 5.30. The molecule has 0 aliphatic heterocycles. The second kappa shape index (κ2) is 8.07. The molecule has 1 amide bonds. The molecule has 1 aromatic carbocycles. The quantitative estimate of drug-likeness (QED) is 0.750. The van der Waals surface area contributed by atoms with Crippen LogP contribution in [0.4, 0.5) is 0 Å². The van der Waals surface area contributed by atoms with Crippen molar-refractivity contribution in [3.05, 3.63) is 24.3 Å². The average Bonchev–Trinajstić information content (AvgIpc) is 2.42. The van der Waals surface area contributed by atoms with E-state index in [4.69, 9.17) is 10.5 Å². The van der Waals surface area contributed by atoms with Gasteiger partial charge < -0.3 is 15.8 Å². The Morgan fingerprint density at radius 1 is 1.42 bits per heavy atom. The van der Waals surface area contributed by atoms with Crippen LogP contribution in [0.2, 0.25) is 0 Å². The lowest BCUT2D eigenvalue weighted by Crippen LogP contribution is -2.40. The minimum absolute atomic E-state index is 0.103. The van der Waals surface area contributed by atoms with Gasteiger partial charge in [-0.1, -0.05) is 19.1 Å². The zero-order valence-corrected chi connectivity index (χ0v) is 12.5. The van der Waals surface area contributed by atoms with Crippen LogP contribution < -0.4 is 15.8 Å². The number of thioether (sulfide) groups is 1. The second-order valence-corrected chi connectivity index (χ2v) is 5.66. The Balaban J connectivity index is 2.37. The van der Waals surface area contributed by atoms with E-state index in [9.17, 15) is 4.79 Å². The van der Waals surface area contributed by atoms with Crippen molar-refractivity contribution in [2.24, 2.45) is 11.7 Å². The normalized spacial score (nSPS) is 13.7. The van der Waals surface area contributed by atoms with E-state index in [-0.39, 0.29) is 5.91 Å². The summed E-state index contributed by atoms with van der Waals surface area (Å²) in [6.45, 7) is 4.43. The van der Waals surface area contributed by atoms with Gasteiger partial charge in [-0.15, -0.1) is 11.8 Å². The van der Waals surface area contributed by atoms with Gasteiger partial charge in [0.1, 0.15) is 5.75 Å². The molecule has 0 heterocycles. The highest BCUT2D eigenvalue weighted by molar-refractivity contribution is 7.99. The third-order valence-corrected chi connectivity index (χ3v) is 4.01. The van der Waals surface area contributed by atoms with Crippen molar-refractivity contribution in [3.8, 4) is 5.75 Å². The third-order valence-electron chi connectivity index (χ3n) is 2.63. The topological polar surface area (TPSA) is 64.3 Å². The van der Waals surface area contributed by atoms with Crippen LogP contribution in [0.1, 0.15) is 13.8 Å². The Hall–Kier alpha value is -1.20. The van der Waals surface area contributed by atoms with Gasteiger partial charge in [0.25, 0.3) is 0 Å². The van der Waals surface area contributed by atoms with Crippen molar-refractivity contribution >= 4 is 17.7 Å². The first-order valence-electron chi connectivity index (χ1n) is 6.33. The number of methoxy groups -OCH3 is 1. The van der Waals surface area contributed by atoms with Crippen molar-refractivity contribution in [2.75, 3.05) is 19.4 Å². The van der Waals surface area contributed by atoms with E-state index >= 15 is 0 Å². The van der Waals surface area contributed by atoms with Gasteiger partial charge >= 0.3 is 0 Å². The fourth-order valence-corrected chi connectivity index (χ4v) is 2.52. The maximum atomic E-state index is 11.4. The summed E-state index contributed by atoms with van der Waals surface area (Å²) in [5.41, 5.74) is 5.49. The molecule has 0 radical (unpaired) electrons. The number of carbonyl (C=O) groups is 1. The van der Waals surface area contributed by atoms with Crippen LogP contribution in [0.5, 0.6) is 5.75 Å². The molecule has 1 aromatic rings. The molecular weight excluding hydrogens is 260 g/mol. The first-order valence-corrected chi connectivity index (χ1v) is 7.32. The lowest BCUT2D eigenvalue weighted by molar-refractivity contribution is -0.122. The zero-order chi connectivity index (χ0) is 14.3. The first kappa shape index (κ1) is 15.9. The van der Waals surface area contributed by atoms with E-state index in [0.717, 1.165) is 16.4 Å². The minimum Gasteiger partial charge on any atom is -0.496 e. The van der Waals surface area contributed by atoms with E-state index in [0.29, 0.717) is 12.5 Å². The molecule has 0 saturated heterocycles. The Bertz CT molecular complexity index is 410. The van der Waals surface area contributed by atoms with E-state index in [1.54, 1.807) is 25.8 Å². The summed E-state index contributed by atoms with van der Waals surface area (Å²) in [5.74, 6) is 2.07. The first-order chi connectivity index (χ1) is 9.04. The van der Waals surface area contributed by atoms with E-state index in [2.05, 4.69) is 12.2 Å². The Morgan fingerprint density at radius 3 is 2.74 bits per heavy atom. The molecule has 0 aromatic heterocycles. The molecule has 0 saturated carbocycles. The van der Waals surface area contributed by atoms with Crippen molar-refractivity contribution in [2.45, 2.75) is 24.8 Å². The van der Waals surface area contributed by atoms with Crippen LogP contribution in [-0.4, -0.2) is 31.4 Å². The standard InChI is InChI=1S/C14H22N2O2S/c1-10(8-16-14(17)11(2)15)9-19-13-7-5-4-6-12(13)18-3/h4-7,10-11H,8-9,15H2,1-3H3,(H,16,17)/t10?,11-/m0/s1. The Morgan fingerprint density at radius 2 is 2.11 bits per heavy atom. The number of benzene rings is 1. The zero-order valence-electron chi connectivity index (χ0n) is 11.7. The summed E-state index contributed by atoms with van der Waals surface area (Å²) in [4.78, 5) is 12.5. The lowest BCUT2D eigenvalue weighted by Gasteiger charge is -2.14. The van der Waals surface area contributed by atoms with Gasteiger partial charge in [0.05, 0.1) is 13.2 Å². The fraction of sp³-hybridized carbons (Fsp3) is 0.500. The maximum Gasteiger partial charge on any atom is 0.236 e. The Kier molecular flexibility index (Phi) is 6.73. The molecule has 5 heteroatoms. The van der Waals surface area contributed by atoms with Crippen molar-refractivity contribution in [1.82, 2.24) is 5.32 Å². The molecule has 4 nitrogen and oxygen atoms in total. The van der Waals surface area contributed by atoms with Crippen LogP contribution in [0, 0.1) is 5.92 Å². The number of amides is 1. The summed E-state index contributed by atoms with van der Waals surface area (Å²) in [7, 11) is 1.67. The SMILES string of the molecule is COc1ccccc1SCC(C)CNC(=O)[C@H](C)N. The molecule has 0 spiro atoms. The monoisotopic (exact) mass is 282 g/mol. The highest BCUT2D eigenvalue weighted by Crippen LogP contribution is 2.29. The molecule has 0 aliphatic rings. The summed E-state index contributed by atoms with van der Waals surface area (Å²) in [6.07, 6.45) is 0. The van der Waals surface area contributed by atoms with Crippen LogP contribution >= 0.6 is 11.8 Å². The average molecular weight is 282 g/mol. The van der Waals surface area contributed by atoms with Crippen molar-refractivity contribution in [3.63, 3.8) is 0 Å². The second-order valence-electron chi connectivity index (χ2n) is 4.60. The Labute approximate surface area is 119 Å². The molecule has 106 valence electrons. The highest BCUT2D eigenvalue weighted by Gasteiger charge is 2.10. The van der Waals surface area contributed by atoms with Crippen LogP contribution in [0.25, 0.3) is 0 Å². The van der Waals surface area contributed by atoms with Gasteiger partial charge in [0, 0.05) is 17.2 Å². The predicted molar refractivity (Wildman–Crippen MR) is 79.5 cm³/mol. The van der Waals surface area contributed by atoms with Gasteiger partial charge in [-0.25, -0.2) is 0 Å². The number of carbonyl (C=O) groups excluding carboxylic acids is 1. The molecule has 0 aliphatic carbocycles. The van der Waals surface area contributed by atoms with Crippen LogP contribution in [0.3, 0.4) is 0 Å². The van der Waals surface area contributed by atoms with Gasteiger partial charge in [-0.3, -0.25) is 4.79 Å². The lowest BCUT2D eigenvalue weighted by atomic mass is 10.2. The van der Waals surface area contributed by atoms with Gasteiger partial charge in [-0.2, -0.15) is 0 Å². The highest BCUT2D eigenvalue weighted by atomic mass is 32.2. The van der Waals surface area contributed by atoms with Gasteiger partial charge in [0.2, 0.25) is 5.91 Å². The fourth-order valence-electron chi connectivity index (χ4n) is 1.46. The van der Waals surface area contributed by atoms with Crippen molar-refractivity contribution < 1.29 is 9.53 Å². The minimum atomic E-state index is -0.450. The summed E-state index contributed by atoms with van der Waals surface area (Å²) >= 11 is 1.73. The number of rotatable bonds is 7. The van der Waals surface area contributed by atoms with Crippen molar-refractivity contribution in [1.29, 1.82) is 0 Å². The molecule has 1 unspecified atom stereocenters. The molecular formula is C14H22N2O2S. The maximum absolute atomic E-state index is 11.4. The summed E-state index contributed by atoms with van der Waals surface area (Å²) in [5, 5.41) is 2.84. The number of nitrogens with one attached hydrogen (secondary N) is 1. The van der Waals surface area contributed by atoms with Crippen LogP contribution in [0.15, 0.2) is 29.2 Å². The molecule has 0 fully saturated rings. The molecule has 19 heavy (non-hydrogen) atoms. The summed E-state index contributed by atoms with van der Waals surface area (Å²) in [6, 6.07) is 7.48. The van der Waals surface area contributed by atoms with Gasteiger partial charge in [-0.05, 0) is 25.0 Å². The number of hydrogen-bond acceptors (Lipinski definition) is 4.